The van der Waals surface area contributed by atoms with Gasteiger partial charge in [0, 0.05) is 51.9 Å². The molecule has 1 aromatic rings. The van der Waals surface area contributed by atoms with Gasteiger partial charge in [-0.1, -0.05) is 13.3 Å². The second-order valence-corrected chi connectivity index (χ2v) is 8.20. The van der Waals surface area contributed by atoms with Crippen molar-refractivity contribution in [3.8, 4) is 0 Å². The lowest BCUT2D eigenvalue weighted by atomic mass is 10.2. The van der Waals surface area contributed by atoms with Crippen molar-refractivity contribution in [2.75, 3.05) is 39.3 Å². The van der Waals surface area contributed by atoms with Crippen LogP contribution in [0.15, 0.2) is 16.9 Å². The van der Waals surface area contributed by atoms with E-state index in [1.165, 1.54) is 16.8 Å². The number of aryl methyl sites for hydroxylation is 1. The van der Waals surface area contributed by atoms with Crippen molar-refractivity contribution in [3.63, 3.8) is 0 Å². The van der Waals surface area contributed by atoms with E-state index in [9.17, 15) is 14.4 Å². The number of carbonyl (C=O) groups excluding carboxylic acids is 2. The molecular formula is C20H33N5O4. The van der Waals surface area contributed by atoms with Gasteiger partial charge < -0.3 is 15.0 Å². The minimum atomic E-state index is -0.495. The van der Waals surface area contributed by atoms with Crippen LogP contribution in [-0.4, -0.2) is 76.5 Å². The van der Waals surface area contributed by atoms with Crippen LogP contribution >= 0.6 is 0 Å². The van der Waals surface area contributed by atoms with Gasteiger partial charge >= 0.3 is 6.09 Å². The number of hydrogen-bond donors (Lipinski definition) is 1. The van der Waals surface area contributed by atoms with Gasteiger partial charge in [-0.3, -0.25) is 14.5 Å². The highest BCUT2D eigenvalue weighted by molar-refractivity contribution is 5.91. The summed E-state index contributed by atoms with van der Waals surface area (Å²) >= 11 is 0. The zero-order valence-corrected chi connectivity index (χ0v) is 17.9. The molecule has 9 nitrogen and oxygen atoms in total. The molecule has 0 aliphatic carbocycles. The molecule has 0 aromatic carbocycles. The van der Waals surface area contributed by atoms with Crippen molar-refractivity contribution in [1.29, 1.82) is 0 Å². The third-order valence-corrected chi connectivity index (χ3v) is 4.56. The second-order valence-electron chi connectivity index (χ2n) is 8.20. The summed E-state index contributed by atoms with van der Waals surface area (Å²) in [4.78, 5) is 40.1. The highest BCUT2D eigenvalue weighted by Crippen LogP contribution is 2.11. The predicted octanol–water partition coefficient (Wildman–Crippen LogP) is 1.33. The fourth-order valence-corrected chi connectivity index (χ4v) is 2.94. The SMILES string of the molecule is CCCCn1nc(C(=O)NCCN2CCN(C(=O)OC(C)(C)C)CC2)ccc1=O. The normalized spacial score (nSPS) is 15.2. The molecule has 0 radical (unpaired) electrons. The largest absolute Gasteiger partial charge is 0.444 e. The lowest BCUT2D eigenvalue weighted by Crippen LogP contribution is -2.51. The molecule has 29 heavy (non-hydrogen) atoms. The second kappa shape index (κ2) is 10.4. The average Bonchev–Trinajstić information content (AvgIpc) is 2.66. The zero-order chi connectivity index (χ0) is 21.4. The highest BCUT2D eigenvalue weighted by atomic mass is 16.6. The number of amides is 2. The van der Waals surface area contributed by atoms with Crippen molar-refractivity contribution >= 4 is 12.0 Å². The molecule has 1 aliphatic heterocycles. The maximum Gasteiger partial charge on any atom is 0.410 e. The minimum absolute atomic E-state index is 0.196. The Morgan fingerprint density at radius 1 is 1.14 bits per heavy atom. The number of carbonyl (C=O) groups is 2. The van der Waals surface area contributed by atoms with Crippen LogP contribution < -0.4 is 10.9 Å². The maximum atomic E-state index is 12.3. The summed E-state index contributed by atoms with van der Waals surface area (Å²) < 4.78 is 6.74. The van der Waals surface area contributed by atoms with E-state index >= 15 is 0 Å². The van der Waals surface area contributed by atoms with E-state index in [1.807, 2.05) is 27.7 Å². The van der Waals surface area contributed by atoms with Crippen molar-refractivity contribution < 1.29 is 14.3 Å². The molecule has 0 atom stereocenters. The van der Waals surface area contributed by atoms with Crippen LogP contribution in [0.25, 0.3) is 0 Å². The van der Waals surface area contributed by atoms with Gasteiger partial charge in [0.2, 0.25) is 0 Å². The topological polar surface area (TPSA) is 96.8 Å². The Labute approximate surface area is 172 Å². The molecule has 1 aliphatic rings. The number of piperazine rings is 1. The number of nitrogens with one attached hydrogen (secondary N) is 1. The van der Waals surface area contributed by atoms with Crippen LogP contribution in [0.3, 0.4) is 0 Å². The Morgan fingerprint density at radius 2 is 1.83 bits per heavy atom. The van der Waals surface area contributed by atoms with Gasteiger partial charge in [0.15, 0.2) is 0 Å². The van der Waals surface area contributed by atoms with Gasteiger partial charge in [0.25, 0.3) is 11.5 Å². The van der Waals surface area contributed by atoms with Gasteiger partial charge in [-0.15, -0.1) is 0 Å². The van der Waals surface area contributed by atoms with Gasteiger partial charge in [-0.2, -0.15) is 5.10 Å². The Bertz CT molecular complexity index is 748. The molecule has 1 fully saturated rings. The molecular weight excluding hydrogens is 374 g/mol. The van der Waals surface area contributed by atoms with Crippen molar-refractivity contribution in [3.05, 3.63) is 28.2 Å². The van der Waals surface area contributed by atoms with E-state index < -0.39 is 5.60 Å². The van der Waals surface area contributed by atoms with E-state index in [4.69, 9.17) is 4.74 Å². The number of hydrogen-bond acceptors (Lipinski definition) is 6. The predicted molar refractivity (Wildman–Crippen MR) is 110 cm³/mol. The van der Waals surface area contributed by atoms with Gasteiger partial charge in [0.05, 0.1) is 0 Å². The van der Waals surface area contributed by atoms with Crippen LogP contribution in [0.1, 0.15) is 51.0 Å². The molecule has 0 spiro atoms. The molecule has 2 heterocycles. The van der Waals surface area contributed by atoms with Crippen molar-refractivity contribution in [2.45, 2.75) is 52.7 Å². The first-order chi connectivity index (χ1) is 13.7. The Balaban J connectivity index is 1.75. The smallest absolute Gasteiger partial charge is 0.410 e. The van der Waals surface area contributed by atoms with Crippen LogP contribution in [0.4, 0.5) is 4.79 Å². The lowest BCUT2D eigenvalue weighted by Gasteiger charge is -2.35. The molecule has 2 rings (SSSR count). The molecule has 0 saturated carbocycles. The first-order valence-electron chi connectivity index (χ1n) is 10.3. The third-order valence-electron chi connectivity index (χ3n) is 4.56. The number of ether oxygens (including phenoxy) is 1. The molecule has 1 aromatic heterocycles. The summed E-state index contributed by atoms with van der Waals surface area (Å²) in [5.41, 5.74) is -0.445. The van der Waals surface area contributed by atoms with Gasteiger partial charge in [-0.05, 0) is 33.3 Å². The van der Waals surface area contributed by atoms with Crippen LogP contribution in [0.5, 0.6) is 0 Å². The monoisotopic (exact) mass is 407 g/mol. The van der Waals surface area contributed by atoms with E-state index in [-0.39, 0.29) is 23.3 Å². The molecule has 0 bridgehead atoms. The molecule has 1 saturated heterocycles. The Kier molecular flexibility index (Phi) is 8.19. The molecule has 162 valence electrons. The number of unbranched alkanes of at least 4 members (excludes halogenated alkanes) is 1. The Morgan fingerprint density at radius 3 is 2.45 bits per heavy atom. The summed E-state index contributed by atoms with van der Waals surface area (Å²) in [6.07, 6.45) is 1.51. The molecule has 2 amide bonds. The quantitative estimate of drug-likeness (QED) is 0.732. The molecule has 0 unspecified atom stereocenters. The van der Waals surface area contributed by atoms with Crippen molar-refractivity contribution in [1.82, 2.24) is 24.9 Å². The van der Waals surface area contributed by atoms with Crippen molar-refractivity contribution in [2.24, 2.45) is 0 Å². The summed E-state index contributed by atoms with van der Waals surface area (Å²) in [5, 5.41) is 7.00. The first-order valence-corrected chi connectivity index (χ1v) is 10.3. The van der Waals surface area contributed by atoms with E-state index in [0.717, 1.165) is 25.9 Å². The summed E-state index contributed by atoms with van der Waals surface area (Å²) in [5.74, 6) is -0.289. The van der Waals surface area contributed by atoms with E-state index in [2.05, 4.69) is 15.3 Å². The zero-order valence-electron chi connectivity index (χ0n) is 17.9. The van der Waals surface area contributed by atoms with E-state index in [0.29, 0.717) is 32.7 Å². The third kappa shape index (κ3) is 7.49. The lowest BCUT2D eigenvalue weighted by molar-refractivity contribution is 0.0147. The Hall–Kier alpha value is -2.42. The van der Waals surface area contributed by atoms with Crippen LogP contribution in [0, 0.1) is 0 Å². The molecule has 1 N–H and O–H groups in total. The number of rotatable bonds is 7. The summed E-state index contributed by atoms with van der Waals surface area (Å²) in [6, 6.07) is 2.84. The fraction of sp³-hybridized carbons (Fsp3) is 0.700. The van der Waals surface area contributed by atoms with Crippen LogP contribution in [-0.2, 0) is 11.3 Å². The number of nitrogens with zero attached hydrogens (tertiary/aromatic N) is 4. The molecule has 9 heteroatoms. The fourth-order valence-electron chi connectivity index (χ4n) is 2.94. The minimum Gasteiger partial charge on any atom is -0.444 e. The summed E-state index contributed by atoms with van der Waals surface area (Å²) in [6.45, 7) is 11.9. The first kappa shape index (κ1) is 22.9. The highest BCUT2D eigenvalue weighted by Gasteiger charge is 2.25. The average molecular weight is 408 g/mol. The summed E-state index contributed by atoms with van der Waals surface area (Å²) in [7, 11) is 0. The number of aromatic nitrogens is 2. The van der Waals surface area contributed by atoms with Gasteiger partial charge in [-0.25, -0.2) is 9.48 Å². The maximum absolute atomic E-state index is 12.3. The van der Waals surface area contributed by atoms with Crippen LogP contribution in [0.2, 0.25) is 0 Å². The van der Waals surface area contributed by atoms with Gasteiger partial charge in [0.1, 0.15) is 11.3 Å². The standard InChI is InChI=1S/C20H33N5O4/c1-5-6-10-25-17(26)8-7-16(22-25)18(27)21-9-11-23-12-14-24(15-13-23)19(28)29-20(2,3)4/h7-8H,5-6,9-15H2,1-4H3,(H,21,27). The van der Waals surface area contributed by atoms with E-state index in [1.54, 1.807) is 4.90 Å².